The summed E-state index contributed by atoms with van der Waals surface area (Å²) in [6.07, 6.45) is 2.40. The first kappa shape index (κ1) is 15.7. The Kier molecular flexibility index (Phi) is 6.26. The summed E-state index contributed by atoms with van der Waals surface area (Å²) < 4.78 is 16.1. The van der Waals surface area contributed by atoms with Crippen molar-refractivity contribution in [3.63, 3.8) is 0 Å². The topological polar surface area (TPSA) is 83.8 Å². The van der Waals surface area contributed by atoms with Crippen LogP contribution in [0.4, 0.5) is 0 Å². The first-order valence-electron chi connectivity index (χ1n) is 4.78. The van der Waals surface area contributed by atoms with E-state index in [0.29, 0.717) is 0 Å². The lowest BCUT2D eigenvalue weighted by Gasteiger charge is -2.28. The smallest absolute Gasteiger partial charge is 0.346 e. The van der Waals surface area contributed by atoms with Crippen LogP contribution in [-0.4, -0.2) is 33.4 Å². The molecule has 5 nitrogen and oxygen atoms in total. The second-order valence-corrected chi connectivity index (χ2v) is 5.39. The van der Waals surface area contributed by atoms with E-state index < -0.39 is 18.7 Å². The minimum Gasteiger partial charge on any atom is -0.465 e. The molecule has 1 atom stereocenters. The summed E-state index contributed by atoms with van der Waals surface area (Å²) in [5.41, 5.74) is 0. The van der Waals surface area contributed by atoms with E-state index in [0.717, 1.165) is 6.08 Å². The van der Waals surface area contributed by atoms with Gasteiger partial charge < -0.3 is 14.5 Å². The Labute approximate surface area is 99.6 Å². The molecule has 7 heteroatoms. The molecule has 0 aromatic heterocycles. The van der Waals surface area contributed by atoms with Crippen LogP contribution in [-0.2, 0) is 14.1 Å². The number of allylic oxidation sites excluding steroid dienone is 1. The lowest BCUT2D eigenvalue weighted by Crippen LogP contribution is -2.38. The lowest BCUT2D eigenvalue weighted by atomic mass is 10.1. The predicted octanol–water partition coefficient (Wildman–Crippen LogP) is 1.67. The Morgan fingerprint density at radius 1 is 1.56 bits per heavy atom. The minimum absolute atomic E-state index is 0.0474. The minimum atomic E-state index is -4.67. The number of esters is 1. The van der Waals surface area contributed by atoms with E-state index in [4.69, 9.17) is 16.3 Å². The van der Waals surface area contributed by atoms with Gasteiger partial charge in [0, 0.05) is 5.88 Å². The van der Waals surface area contributed by atoms with Crippen LogP contribution in [0.15, 0.2) is 12.2 Å². The molecule has 2 N–H and O–H groups in total. The van der Waals surface area contributed by atoms with Gasteiger partial charge in [0.15, 0.2) is 5.16 Å². The van der Waals surface area contributed by atoms with E-state index in [1.807, 2.05) is 0 Å². The van der Waals surface area contributed by atoms with Crippen molar-refractivity contribution < 1.29 is 23.9 Å². The molecular formula is C9H16ClO5P. The normalized spacial score (nSPS) is 16.1. The fourth-order valence-corrected chi connectivity index (χ4v) is 2.77. The fourth-order valence-electron chi connectivity index (χ4n) is 1.29. The van der Waals surface area contributed by atoms with Gasteiger partial charge >= 0.3 is 13.6 Å². The maximum atomic E-state index is 11.7. The summed E-state index contributed by atoms with van der Waals surface area (Å²) in [6, 6.07) is 0. The number of ether oxygens (including phenoxy) is 1. The van der Waals surface area contributed by atoms with Crippen LogP contribution in [0.2, 0.25) is 0 Å². The molecule has 16 heavy (non-hydrogen) atoms. The highest BCUT2D eigenvalue weighted by atomic mass is 35.5. The summed E-state index contributed by atoms with van der Waals surface area (Å²) in [6.45, 7) is 3.19. The van der Waals surface area contributed by atoms with Gasteiger partial charge in [0.1, 0.15) is 0 Å². The zero-order chi connectivity index (χ0) is 12.8. The number of halogens is 1. The van der Waals surface area contributed by atoms with Crippen molar-refractivity contribution in [1.82, 2.24) is 0 Å². The highest BCUT2D eigenvalue weighted by molar-refractivity contribution is 7.55. The van der Waals surface area contributed by atoms with Crippen LogP contribution in [0.5, 0.6) is 0 Å². The zero-order valence-electron chi connectivity index (χ0n) is 9.22. The largest absolute Gasteiger partial charge is 0.465 e. The standard InChI is InChI=1S/C9H16ClO5P/c1-3-5-9(6-7-10,16(12,13)14)8(11)15-4-2/h3,5H,4,6-7H2,1-2H3,(H2,12,13,14). The molecule has 0 aliphatic heterocycles. The molecule has 0 spiro atoms. The molecule has 0 rings (SSSR count). The Morgan fingerprint density at radius 3 is 2.44 bits per heavy atom. The third-order valence-electron chi connectivity index (χ3n) is 2.07. The molecular weight excluding hydrogens is 255 g/mol. The Balaban J connectivity index is 5.43. The summed E-state index contributed by atoms with van der Waals surface area (Å²) >= 11 is 5.49. The van der Waals surface area contributed by atoms with E-state index >= 15 is 0 Å². The van der Waals surface area contributed by atoms with Crippen LogP contribution < -0.4 is 0 Å². The van der Waals surface area contributed by atoms with Crippen molar-refractivity contribution in [2.24, 2.45) is 0 Å². The van der Waals surface area contributed by atoms with Gasteiger partial charge in [-0.2, -0.15) is 0 Å². The van der Waals surface area contributed by atoms with Gasteiger partial charge in [0.2, 0.25) is 0 Å². The number of hydrogen-bond donors (Lipinski definition) is 2. The van der Waals surface area contributed by atoms with Gasteiger partial charge in [-0.3, -0.25) is 9.36 Å². The maximum Gasteiger partial charge on any atom is 0.346 e. The Hall–Kier alpha value is -0.350. The SMILES string of the molecule is CC=CC(CCCl)(C(=O)OCC)P(=O)(O)O. The first-order chi connectivity index (χ1) is 7.35. The number of carbonyl (C=O) groups excluding carboxylic acids is 1. The monoisotopic (exact) mass is 270 g/mol. The lowest BCUT2D eigenvalue weighted by molar-refractivity contribution is -0.145. The van der Waals surface area contributed by atoms with E-state index in [1.165, 1.54) is 6.08 Å². The van der Waals surface area contributed by atoms with Crippen molar-refractivity contribution in [1.29, 1.82) is 0 Å². The molecule has 0 saturated carbocycles. The zero-order valence-corrected chi connectivity index (χ0v) is 10.9. The average molecular weight is 271 g/mol. The predicted molar refractivity (Wildman–Crippen MR) is 61.6 cm³/mol. The highest BCUT2D eigenvalue weighted by Gasteiger charge is 2.52. The van der Waals surface area contributed by atoms with Gasteiger partial charge in [-0.05, 0) is 20.3 Å². The quantitative estimate of drug-likeness (QED) is 0.332. The number of carbonyl (C=O) groups is 1. The highest BCUT2D eigenvalue weighted by Crippen LogP contribution is 2.54. The molecule has 94 valence electrons. The van der Waals surface area contributed by atoms with E-state index in [9.17, 15) is 19.1 Å². The van der Waals surface area contributed by atoms with Crippen LogP contribution in [0.1, 0.15) is 20.3 Å². The van der Waals surface area contributed by atoms with Crippen LogP contribution >= 0.6 is 19.2 Å². The van der Waals surface area contributed by atoms with E-state index in [-0.39, 0.29) is 18.9 Å². The Morgan fingerprint density at radius 2 is 2.12 bits per heavy atom. The van der Waals surface area contributed by atoms with Gasteiger partial charge in [0.05, 0.1) is 6.61 Å². The molecule has 0 amide bonds. The molecule has 0 saturated heterocycles. The van der Waals surface area contributed by atoms with Crippen LogP contribution in [0.3, 0.4) is 0 Å². The third kappa shape index (κ3) is 3.32. The van der Waals surface area contributed by atoms with Gasteiger partial charge in [-0.1, -0.05) is 12.2 Å². The molecule has 0 heterocycles. The van der Waals surface area contributed by atoms with Crippen LogP contribution in [0.25, 0.3) is 0 Å². The summed E-state index contributed by atoms with van der Waals surface area (Å²) in [7, 11) is -4.67. The molecule has 0 aliphatic carbocycles. The van der Waals surface area contributed by atoms with Gasteiger partial charge in [0.25, 0.3) is 0 Å². The van der Waals surface area contributed by atoms with Crippen molar-refractivity contribution in [3.05, 3.63) is 12.2 Å². The molecule has 0 bridgehead atoms. The van der Waals surface area contributed by atoms with Crippen molar-refractivity contribution in [3.8, 4) is 0 Å². The van der Waals surface area contributed by atoms with Crippen molar-refractivity contribution >= 4 is 25.2 Å². The average Bonchev–Trinajstić information content (AvgIpc) is 2.15. The molecule has 0 radical (unpaired) electrons. The van der Waals surface area contributed by atoms with E-state index in [2.05, 4.69) is 0 Å². The molecule has 0 aliphatic rings. The molecule has 1 unspecified atom stereocenters. The van der Waals surface area contributed by atoms with Crippen LogP contribution in [0, 0.1) is 0 Å². The van der Waals surface area contributed by atoms with Crippen molar-refractivity contribution in [2.45, 2.75) is 25.4 Å². The number of hydrogen-bond acceptors (Lipinski definition) is 3. The van der Waals surface area contributed by atoms with Crippen molar-refractivity contribution in [2.75, 3.05) is 12.5 Å². The second kappa shape index (κ2) is 6.40. The molecule has 0 aromatic rings. The Bertz CT molecular complexity index is 311. The summed E-state index contributed by atoms with van der Waals surface area (Å²) in [5, 5.41) is -1.96. The number of alkyl halides is 1. The van der Waals surface area contributed by atoms with Gasteiger partial charge in [-0.15, -0.1) is 11.6 Å². The second-order valence-electron chi connectivity index (χ2n) is 3.13. The first-order valence-corrected chi connectivity index (χ1v) is 6.93. The summed E-state index contributed by atoms with van der Waals surface area (Å²) in [5.74, 6) is -0.990. The summed E-state index contributed by atoms with van der Waals surface area (Å²) in [4.78, 5) is 30.2. The fraction of sp³-hybridized carbons (Fsp3) is 0.667. The maximum absolute atomic E-state index is 11.7. The third-order valence-corrected chi connectivity index (χ3v) is 3.85. The van der Waals surface area contributed by atoms with E-state index in [1.54, 1.807) is 13.8 Å². The molecule has 0 aromatic carbocycles. The molecule has 0 fully saturated rings. The van der Waals surface area contributed by atoms with Gasteiger partial charge in [-0.25, -0.2) is 0 Å². The number of rotatable bonds is 6.